The topological polar surface area (TPSA) is 40.5 Å². The molecule has 2 aromatic rings. The van der Waals surface area contributed by atoms with E-state index in [1.165, 1.54) is 0 Å². The molecule has 0 aliphatic heterocycles. The van der Waals surface area contributed by atoms with Gasteiger partial charge in [-0.05, 0) is 11.1 Å². The molecule has 17 heavy (non-hydrogen) atoms. The highest BCUT2D eigenvalue weighted by atomic mass is 28.2. The Bertz CT molecular complexity index is 401. The summed E-state index contributed by atoms with van der Waals surface area (Å²) in [6, 6.07) is 19.1. The second-order valence-electron chi connectivity index (χ2n) is 4.09. The zero-order valence-corrected chi connectivity index (χ0v) is 10.9. The predicted octanol–water partition coefficient (Wildman–Crippen LogP) is 1.54. The Morgan fingerprint density at radius 2 is 1.00 bits per heavy atom. The molecule has 0 amide bonds. The zero-order chi connectivity index (χ0) is 12.1. The number of aliphatic hydroxyl groups excluding tert-OH is 2. The third kappa shape index (κ3) is 3.26. The van der Waals surface area contributed by atoms with Gasteiger partial charge < -0.3 is 10.2 Å². The van der Waals surface area contributed by atoms with Crippen LogP contribution in [0.5, 0.6) is 0 Å². The largest absolute Gasteiger partial charge is 0.393 e. The van der Waals surface area contributed by atoms with Gasteiger partial charge >= 0.3 is 0 Å². The summed E-state index contributed by atoms with van der Waals surface area (Å²) in [5, 5.41) is 20.1. The number of hydrogen-bond donors (Lipinski definition) is 2. The highest BCUT2D eigenvalue weighted by molar-refractivity contribution is 6.38. The van der Waals surface area contributed by atoms with Crippen molar-refractivity contribution in [2.24, 2.45) is 0 Å². The van der Waals surface area contributed by atoms with Crippen LogP contribution in [0.25, 0.3) is 0 Å². The van der Waals surface area contributed by atoms with Crippen LogP contribution < -0.4 is 0 Å². The fourth-order valence-electron chi connectivity index (χ4n) is 1.83. The molecule has 2 N–H and O–H groups in total. The van der Waals surface area contributed by atoms with Gasteiger partial charge in [0.25, 0.3) is 0 Å². The summed E-state index contributed by atoms with van der Waals surface area (Å²) >= 11 is 0. The van der Waals surface area contributed by atoms with Crippen molar-refractivity contribution in [3.8, 4) is 0 Å². The molecule has 0 heterocycles. The van der Waals surface area contributed by atoms with Crippen LogP contribution in [0.1, 0.15) is 22.6 Å². The van der Waals surface area contributed by atoms with Crippen molar-refractivity contribution in [2.75, 3.05) is 0 Å². The van der Waals surface area contributed by atoms with Crippen LogP contribution in [0, 0.1) is 0 Å². The third-order valence-electron chi connectivity index (χ3n) is 2.82. The third-order valence-corrected chi connectivity index (χ3v) is 4.65. The minimum atomic E-state index is -1.03. The van der Waals surface area contributed by atoms with Crippen molar-refractivity contribution in [1.82, 2.24) is 0 Å². The SMILES string of the molecule is OC([SiH2]C(O)c1ccccc1)c1ccccc1. The van der Waals surface area contributed by atoms with E-state index in [9.17, 15) is 10.2 Å². The van der Waals surface area contributed by atoms with Crippen LogP contribution in [0.15, 0.2) is 60.7 Å². The first-order valence-corrected chi connectivity index (χ1v) is 7.36. The van der Waals surface area contributed by atoms with E-state index in [2.05, 4.69) is 0 Å². The maximum Gasteiger partial charge on any atom is 0.100 e. The smallest absolute Gasteiger partial charge is 0.100 e. The molecule has 2 rings (SSSR count). The molecule has 0 fully saturated rings. The van der Waals surface area contributed by atoms with E-state index in [1.807, 2.05) is 60.7 Å². The van der Waals surface area contributed by atoms with Crippen molar-refractivity contribution >= 4 is 9.52 Å². The molecule has 0 radical (unpaired) electrons. The van der Waals surface area contributed by atoms with Crippen LogP contribution in [0.4, 0.5) is 0 Å². The normalized spacial score (nSPS) is 14.9. The van der Waals surface area contributed by atoms with Gasteiger partial charge in [-0.1, -0.05) is 60.7 Å². The van der Waals surface area contributed by atoms with Crippen LogP contribution in [-0.4, -0.2) is 19.7 Å². The van der Waals surface area contributed by atoms with Crippen LogP contribution >= 0.6 is 0 Å². The van der Waals surface area contributed by atoms with Crippen molar-refractivity contribution < 1.29 is 10.2 Å². The van der Waals surface area contributed by atoms with Crippen molar-refractivity contribution in [3.05, 3.63) is 71.8 Å². The Morgan fingerprint density at radius 3 is 1.35 bits per heavy atom. The summed E-state index contributed by atoms with van der Waals surface area (Å²) in [4.78, 5) is 0. The number of aliphatic hydroxyl groups is 2. The average Bonchev–Trinajstić information content (AvgIpc) is 2.40. The lowest BCUT2D eigenvalue weighted by molar-refractivity contribution is 0.218. The molecule has 2 nitrogen and oxygen atoms in total. The molecule has 2 atom stereocenters. The van der Waals surface area contributed by atoms with E-state index in [0.29, 0.717) is 0 Å². The van der Waals surface area contributed by atoms with Gasteiger partial charge in [-0.25, -0.2) is 0 Å². The molecule has 2 unspecified atom stereocenters. The molecule has 0 saturated heterocycles. The molecule has 0 aromatic heterocycles. The van der Waals surface area contributed by atoms with Gasteiger partial charge in [-0.3, -0.25) is 0 Å². The van der Waals surface area contributed by atoms with Gasteiger partial charge in [0.05, 0.1) is 11.5 Å². The first-order valence-electron chi connectivity index (χ1n) is 5.73. The standard InChI is InChI=1S/C14H16O2Si/c15-13(11-7-3-1-4-8-11)17-14(16)12-9-5-2-6-10-12/h1-10,13-16H,17H2. The van der Waals surface area contributed by atoms with Gasteiger partial charge in [0, 0.05) is 0 Å². The van der Waals surface area contributed by atoms with Crippen molar-refractivity contribution in [2.45, 2.75) is 11.5 Å². The monoisotopic (exact) mass is 244 g/mol. The molecule has 0 spiro atoms. The van der Waals surface area contributed by atoms with Gasteiger partial charge in [0.1, 0.15) is 9.52 Å². The molecular formula is C14H16O2Si. The Labute approximate surface area is 103 Å². The fraction of sp³-hybridized carbons (Fsp3) is 0.143. The van der Waals surface area contributed by atoms with E-state index in [-0.39, 0.29) is 0 Å². The lowest BCUT2D eigenvalue weighted by Crippen LogP contribution is -2.16. The summed E-state index contributed by atoms with van der Waals surface area (Å²) in [5.74, 6) is 0. The van der Waals surface area contributed by atoms with Crippen molar-refractivity contribution in [1.29, 1.82) is 0 Å². The first kappa shape index (κ1) is 12.0. The van der Waals surface area contributed by atoms with Crippen LogP contribution in [-0.2, 0) is 0 Å². The molecule has 88 valence electrons. The van der Waals surface area contributed by atoms with E-state index >= 15 is 0 Å². The maximum absolute atomic E-state index is 10.1. The molecular weight excluding hydrogens is 228 g/mol. The minimum absolute atomic E-state index is 0.494. The molecule has 0 aliphatic carbocycles. The Kier molecular flexibility index (Phi) is 4.09. The average molecular weight is 244 g/mol. The van der Waals surface area contributed by atoms with Gasteiger partial charge in [0.15, 0.2) is 0 Å². The summed E-state index contributed by atoms with van der Waals surface area (Å²) in [5.41, 5.74) is 0.807. The number of rotatable bonds is 4. The van der Waals surface area contributed by atoms with E-state index in [1.54, 1.807) is 0 Å². The Balaban J connectivity index is 2.02. The highest BCUT2D eigenvalue weighted by Crippen LogP contribution is 2.18. The molecule has 0 bridgehead atoms. The quantitative estimate of drug-likeness (QED) is 0.801. The first-order chi connectivity index (χ1) is 8.27. The zero-order valence-electron chi connectivity index (χ0n) is 9.53. The Hall–Kier alpha value is -1.42. The Morgan fingerprint density at radius 1 is 0.647 bits per heavy atom. The summed E-state index contributed by atoms with van der Waals surface area (Å²) in [7, 11) is -1.03. The van der Waals surface area contributed by atoms with Gasteiger partial charge in [0.2, 0.25) is 0 Å². The van der Waals surface area contributed by atoms with E-state index < -0.39 is 21.0 Å². The minimum Gasteiger partial charge on any atom is -0.393 e. The van der Waals surface area contributed by atoms with E-state index in [0.717, 1.165) is 11.1 Å². The molecule has 3 heteroatoms. The fourth-order valence-corrected chi connectivity index (χ4v) is 3.35. The van der Waals surface area contributed by atoms with Gasteiger partial charge in [-0.15, -0.1) is 0 Å². The second kappa shape index (κ2) is 5.77. The molecule has 0 saturated carbocycles. The molecule has 0 aliphatic rings. The summed E-state index contributed by atoms with van der Waals surface area (Å²) in [6.45, 7) is 0. The number of hydrogen-bond acceptors (Lipinski definition) is 2. The second-order valence-corrected chi connectivity index (χ2v) is 6.11. The number of benzene rings is 2. The van der Waals surface area contributed by atoms with Gasteiger partial charge in [-0.2, -0.15) is 0 Å². The predicted molar refractivity (Wildman–Crippen MR) is 71.3 cm³/mol. The summed E-state index contributed by atoms with van der Waals surface area (Å²) < 4.78 is 0. The lowest BCUT2D eigenvalue weighted by atomic mass is 10.2. The maximum atomic E-state index is 10.1. The summed E-state index contributed by atoms with van der Waals surface area (Å²) in [6.07, 6.45) is 0. The van der Waals surface area contributed by atoms with Crippen molar-refractivity contribution in [3.63, 3.8) is 0 Å². The van der Waals surface area contributed by atoms with Crippen LogP contribution in [0.2, 0.25) is 0 Å². The van der Waals surface area contributed by atoms with E-state index in [4.69, 9.17) is 0 Å². The lowest BCUT2D eigenvalue weighted by Gasteiger charge is -2.15. The highest BCUT2D eigenvalue weighted by Gasteiger charge is 2.15. The molecule has 2 aromatic carbocycles. The van der Waals surface area contributed by atoms with Crippen LogP contribution in [0.3, 0.4) is 0 Å².